The molecule has 3 N–H and O–H groups in total. The van der Waals surface area contributed by atoms with Crippen LogP contribution < -0.4 is 15.0 Å². The molecule has 130 valence electrons. The monoisotopic (exact) mass is 341 g/mol. The number of H-pyrrole nitrogens is 2. The van der Waals surface area contributed by atoms with Crippen molar-refractivity contribution >= 4 is 22.7 Å². The first-order chi connectivity index (χ1) is 12.1. The lowest BCUT2D eigenvalue weighted by Gasteiger charge is -2.11. The van der Waals surface area contributed by atoms with Crippen LogP contribution >= 0.6 is 0 Å². The minimum Gasteiger partial charge on any atom is -0.497 e. The van der Waals surface area contributed by atoms with Crippen molar-refractivity contribution in [3.8, 4) is 5.75 Å². The van der Waals surface area contributed by atoms with Gasteiger partial charge in [-0.1, -0.05) is 12.1 Å². The Morgan fingerprint density at radius 3 is 2.76 bits per heavy atom. The van der Waals surface area contributed by atoms with Gasteiger partial charge >= 0.3 is 11.6 Å². The van der Waals surface area contributed by atoms with E-state index in [9.17, 15) is 4.79 Å². The quantitative estimate of drug-likeness (QED) is 0.672. The largest absolute Gasteiger partial charge is 0.497 e. The number of pyridine rings is 1. The van der Waals surface area contributed by atoms with E-state index < -0.39 is 0 Å². The van der Waals surface area contributed by atoms with Crippen LogP contribution in [0.4, 0.5) is 5.69 Å². The fraction of sp³-hybridized carbons (Fsp3) is 0.278. The summed E-state index contributed by atoms with van der Waals surface area (Å²) in [6, 6.07) is 7.76. The molecule has 0 aliphatic rings. The van der Waals surface area contributed by atoms with Gasteiger partial charge in [0.2, 0.25) is 0 Å². The molecule has 0 unspecified atom stereocenters. The highest BCUT2D eigenvalue weighted by atomic mass is 16.5. The number of benzene rings is 1. The average molecular weight is 341 g/mol. The van der Waals surface area contributed by atoms with E-state index in [-0.39, 0.29) is 5.97 Å². The van der Waals surface area contributed by atoms with Crippen LogP contribution in [-0.2, 0) is 11.3 Å². The van der Waals surface area contributed by atoms with Crippen molar-refractivity contribution in [1.29, 1.82) is 0 Å². The lowest BCUT2D eigenvalue weighted by Crippen LogP contribution is -2.16. The number of nitrogens with zero attached hydrogens (tertiary/aromatic N) is 1. The first-order valence-electron chi connectivity index (χ1n) is 8.07. The number of methoxy groups -OCH3 is 1. The topological polar surface area (TPSA) is 90.4 Å². The summed E-state index contributed by atoms with van der Waals surface area (Å²) in [5, 5.41) is 11.4. The van der Waals surface area contributed by atoms with Crippen LogP contribution in [-0.4, -0.2) is 29.9 Å². The number of aromatic nitrogens is 3. The van der Waals surface area contributed by atoms with Crippen molar-refractivity contribution in [2.24, 2.45) is 0 Å². The van der Waals surface area contributed by atoms with Crippen LogP contribution in [0.1, 0.15) is 28.5 Å². The first-order valence-corrected chi connectivity index (χ1v) is 8.07. The Labute approximate surface area is 145 Å². The lowest BCUT2D eigenvalue weighted by molar-refractivity contribution is -0.347. The summed E-state index contributed by atoms with van der Waals surface area (Å²) in [6.45, 7) is 4.57. The third-order valence-corrected chi connectivity index (χ3v) is 3.94. The molecule has 0 atom stereocenters. The summed E-state index contributed by atoms with van der Waals surface area (Å²) < 4.78 is 10.3. The van der Waals surface area contributed by atoms with Gasteiger partial charge in [0.25, 0.3) is 0 Å². The predicted molar refractivity (Wildman–Crippen MR) is 93.7 cm³/mol. The number of fused-ring (bicyclic) bond motifs is 1. The molecule has 0 fully saturated rings. The Hall–Kier alpha value is -3.09. The Bertz CT molecular complexity index is 887. The third kappa shape index (κ3) is 3.40. The van der Waals surface area contributed by atoms with Gasteiger partial charge in [-0.15, -0.1) is 0 Å². The van der Waals surface area contributed by atoms with Gasteiger partial charge in [0.1, 0.15) is 22.9 Å². The summed E-state index contributed by atoms with van der Waals surface area (Å²) in [5.74, 6) is 0.428. The van der Waals surface area contributed by atoms with Gasteiger partial charge in [-0.2, -0.15) is 5.10 Å². The van der Waals surface area contributed by atoms with E-state index in [1.165, 1.54) is 0 Å². The lowest BCUT2D eigenvalue weighted by atomic mass is 10.1. The van der Waals surface area contributed by atoms with Gasteiger partial charge in [-0.3, -0.25) is 0 Å². The molecule has 0 bridgehead atoms. The number of aromatic amines is 2. The van der Waals surface area contributed by atoms with Crippen LogP contribution in [0.5, 0.6) is 5.75 Å². The molecular weight excluding hydrogens is 320 g/mol. The Morgan fingerprint density at radius 1 is 1.32 bits per heavy atom. The number of hydrogen-bond acceptors (Lipinski definition) is 5. The molecule has 3 aromatic rings. The minimum absolute atomic E-state index is 0.319. The van der Waals surface area contributed by atoms with Crippen molar-refractivity contribution in [3.05, 3.63) is 47.3 Å². The van der Waals surface area contributed by atoms with E-state index in [1.807, 2.05) is 31.2 Å². The van der Waals surface area contributed by atoms with Crippen LogP contribution in [0.2, 0.25) is 0 Å². The van der Waals surface area contributed by atoms with Crippen molar-refractivity contribution in [1.82, 2.24) is 10.2 Å². The fourth-order valence-electron chi connectivity index (χ4n) is 2.67. The van der Waals surface area contributed by atoms with Crippen molar-refractivity contribution in [2.45, 2.75) is 20.4 Å². The number of aryl methyl sites for hydroxylation is 1. The van der Waals surface area contributed by atoms with E-state index in [1.54, 1.807) is 20.2 Å². The third-order valence-electron chi connectivity index (χ3n) is 3.94. The molecule has 0 saturated heterocycles. The molecule has 0 aliphatic heterocycles. The van der Waals surface area contributed by atoms with E-state index in [4.69, 9.17) is 9.47 Å². The molecule has 0 amide bonds. The number of nitrogens with one attached hydrogen (secondary N) is 3. The standard InChI is InChI=1S/C18H20N4O3/c1-4-25-18(23)14-10-20-17-15(11(2)21-22-17)16(14)19-9-12-5-7-13(24-3)8-6-12/h5-8,10H,4,9H2,1-3H3,(H2,19,20,21,22)/p+1. The Morgan fingerprint density at radius 2 is 2.08 bits per heavy atom. The minimum atomic E-state index is -0.376. The summed E-state index contributed by atoms with van der Waals surface area (Å²) in [4.78, 5) is 15.3. The molecule has 7 nitrogen and oxygen atoms in total. The number of carbonyl (C=O) groups excluding carboxylic acids is 1. The van der Waals surface area contributed by atoms with Crippen molar-refractivity contribution in [2.75, 3.05) is 19.0 Å². The summed E-state index contributed by atoms with van der Waals surface area (Å²) in [5.41, 5.74) is 3.77. The molecule has 0 spiro atoms. The normalized spacial score (nSPS) is 10.7. The SMILES string of the molecule is CCOC(=O)c1c[nH+]c2n[nH]c(C)c2c1NCc1ccc(OC)cc1. The van der Waals surface area contributed by atoms with Gasteiger partial charge in [-0.25, -0.2) is 9.78 Å². The Kier molecular flexibility index (Phi) is 4.83. The van der Waals surface area contributed by atoms with Gasteiger partial charge in [0.05, 0.1) is 30.2 Å². The van der Waals surface area contributed by atoms with Gasteiger partial charge in [0.15, 0.2) is 0 Å². The smallest absolute Gasteiger partial charge is 0.357 e. The van der Waals surface area contributed by atoms with Crippen molar-refractivity contribution in [3.63, 3.8) is 0 Å². The van der Waals surface area contributed by atoms with Gasteiger partial charge in [-0.05, 0) is 31.5 Å². The number of rotatable bonds is 6. The van der Waals surface area contributed by atoms with Crippen LogP contribution in [0, 0.1) is 6.92 Å². The van der Waals surface area contributed by atoms with E-state index >= 15 is 0 Å². The molecule has 25 heavy (non-hydrogen) atoms. The predicted octanol–water partition coefficient (Wildman–Crippen LogP) is 2.48. The Balaban J connectivity index is 1.95. The molecule has 0 saturated carbocycles. The second kappa shape index (κ2) is 7.21. The molecule has 7 heteroatoms. The number of ether oxygens (including phenoxy) is 2. The van der Waals surface area contributed by atoms with Crippen LogP contribution in [0.3, 0.4) is 0 Å². The zero-order chi connectivity index (χ0) is 17.8. The number of esters is 1. The van der Waals surface area contributed by atoms with Gasteiger partial charge in [0, 0.05) is 6.54 Å². The molecule has 3 rings (SSSR count). The van der Waals surface area contributed by atoms with E-state index in [0.717, 1.165) is 22.4 Å². The summed E-state index contributed by atoms with van der Waals surface area (Å²) >= 11 is 0. The van der Waals surface area contributed by atoms with E-state index in [0.29, 0.717) is 30.0 Å². The maximum Gasteiger partial charge on any atom is 0.357 e. The summed E-state index contributed by atoms with van der Waals surface area (Å²) in [7, 11) is 1.64. The number of carbonyl (C=O) groups is 1. The van der Waals surface area contributed by atoms with Gasteiger partial charge < -0.3 is 14.8 Å². The number of anilines is 1. The highest BCUT2D eigenvalue weighted by Crippen LogP contribution is 2.27. The highest BCUT2D eigenvalue weighted by Gasteiger charge is 2.23. The van der Waals surface area contributed by atoms with Crippen molar-refractivity contribution < 1.29 is 19.3 Å². The fourth-order valence-corrected chi connectivity index (χ4v) is 2.67. The maximum absolute atomic E-state index is 12.3. The summed E-state index contributed by atoms with van der Waals surface area (Å²) in [6.07, 6.45) is 1.62. The maximum atomic E-state index is 12.3. The van der Waals surface area contributed by atoms with Crippen LogP contribution in [0.15, 0.2) is 30.5 Å². The first kappa shape index (κ1) is 16.8. The zero-order valence-electron chi connectivity index (χ0n) is 14.5. The molecule has 0 aliphatic carbocycles. The molecule has 0 radical (unpaired) electrons. The molecule has 2 aromatic heterocycles. The zero-order valence-corrected chi connectivity index (χ0v) is 14.5. The number of hydrogen-bond donors (Lipinski definition) is 2. The second-order valence-corrected chi connectivity index (χ2v) is 5.57. The highest BCUT2D eigenvalue weighted by molar-refractivity contribution is 6.03. The van der Waals surface area contributed by atoms with Crippen LogP contribution in [0.25, 0.3) is 11.0 Å². The molecule has 1 aromatic carbocycles. The van der Waals surface area contributed by atoms with E-state index in [2.05, 4.69) is 20.5 Å². The second-order valence-electron chi connectivity index (χ2n) is 5.57. The molecular formula is C18H21N4O3+. The average Bonchev–Trinajstić information content (AvgIpc) is 3.01. The molecule has 2 heterocycles.